The molecule has 3 heteroatoms. The van der Waals surface area contributed by atoms with Gasteiger partial charge in [0.15, 0.2) is 0 Å². The second-order valence-electron chi connectivity index (χ2n) is 6.63. The van der Waals surface area contributed by atoms with Crippen molar-refractivity contribution < 1.29 is 4.74 Å². The van der Waals surface area contributed by atoms with Crippen molar-refractivity contribution in [3.63, 3.8) is 0 Å². The van der Waals surface area contributed by atoms with Gasteiger partial charge in [-0.05, 0) is 45.1 Å². The van der Waals surface area contributed by atoms with Crippen LogP contribution in [-0.2, 0) is 4.74 Å². The van der Waals surface area contributed by atoms with Gasteiger partial charge in [-0.2, -0.15) is 0 Å². The highest BCUT2D eigenvalue weighted by Gasteiger charge is 2.32. The third kappa shape index (κ3) is 4.44. The zero-order valence-corrected chi connectivity index (χ0v) is 13.0. The van der Waals surface area contributed by atoms with E-state index < -0.39 is 0 Å². The van der Waals surface area contributed by atoms with Gasteiger partial charge in [0.25, 0.3) is 0 Å². The molecule has 0 aromatic heterocycles. The summed E-state index contributed by atoms with van der Waals surface area (Å²) in [5, 5.41) is 3.64. The van der Waals surface area contributed by atoms with E-state index >= 15 is 0 Å². The number of hydrogen-bond donors (Lipinski definition) is 1. The van der Waals surface area contributed by atoms with E-state index in [1.165, 1.54) is 51.5 Å². The van der Waals surface area contributed by atoms with Gasteiger partial charge >= 0.3 is 0 Å². The molecule has 1 saturated heterocycles. The van der Waals surface area contributed by atoms with Crippen LogP contribution in [0, 0.1) is 0 Å². The second kappa shape index (κ2) is 7.61. The topological polar surface area (TPSA) is 24.5 Å². The lowest BCUT2D eigenvalue weighted by molar-refractivity contribution is 0.00373. The van der Waals surface area contributed by atoms with E-state index in [0.29, 0.717) is 12.1 Å². The highest BCUT2D eigenvalue weighted by molar-refractivity contribution is 4.88. The van der Waals surface area contributed by atoms with E-state index in [9.17, 15) is 0 Å². The predicted octanol–water partition coefficient (Wildman–Crippen LogP) is 2.80. The van der Waals surface area contributed by atoms with Crippen molar-refractivity contribution in [2.75, 3.05) is 20.2 Å². The van der Waals surface area contributed by atoms with Crippen LogP contribution in [0.2, 0.25) is 0 Å². The first-order chi connectivity index (χ1) is 9.20. The standard InChI is InChI=1S/C16H32N2O/c1-13(2)17-12-15-7-4-5-10-18(15)14-8-6-9-16(11-14)19-3/h13-17H,4-12H2,1-3H3. The van der Waals surface area contributed by atoms with Crippen molar-refractivity contribution in [3.8, 4) is 0 Å². The molecule has 0 aromatic rings. The lowest BCUT2D eigenvalue weighted by Gasteiger charge is -2.44. The molecule has 1 aliphatic carbocycles. The predicted molar refractivity (Wildman–Crippen MR) is 80.5 cm³/mol. The number of methoxy groups -OCH3 is 1. The smallest absolute Gasteiger partial charge is 0.0586 e. The Labute approximate surface area is 119 Å². The first kappa shape index (κ1) is 15.3. The number of ether oxygens (including phenoxy) is 1. The SMILES string of the molecule is COC1CCCC(N2CCCCC2CNC(C)C)C1. The minimum atomic E-state index is 0.499. The minimum Gasteiger partial charge on any atom is -0.381 e. The van der Waals surface area contributed by atoms with Gasteiger partial charge in [-0.1, -0.05) is 20.3 Å². The van der Waals surface area contributed by atoms with E-state index in [1.807, 2.05) is 7.11 Å². The summed E-state index contributed by atoms with van der Waals surface area (Å²) in [5.41, 5.74) is 0. The number of likely N-dealkylation sites (tertiary alicyclic amines) is 1. The average Bonchev–Trinajstić information content (AvgIpc) is 2.45. The van der Waals surface area contributed by atoms with Crippen LogP contribution in [0.5, 0.6) is 0 Å². The Morgan fingerprint density at radius 3 is 2.74 bits per heavy atom. The van der Waals surface area contributed by atoms with Crippen molar-refractivity contribution in [1.29, 1.82) is 0 Å². The largest absolute Gasteiger partial charge is 0.381 e. The summed E-state index contributed by atoms with van der Waals surface area (Å²) < 4.78 is 5.60. The normalized spacial score (nSPS) is 33.8. The zero-order chi connectivity index (χ0) is 13.7. The fourth-order valence-electron chi connectivity index (χ4n) is 3.73. The molecule has 0 spiro atoms. The lowest BCUT2D eigenvalue weighted by Crippen LogP contribution is -2.52. The molecular weight excluding hydrogens is 236 g/mol. The van der Waals surface area contributed by atoms with Crippen LogP contribution in [0.1, 0.15) is 58.8 Å². The Morgan fingerprint density at radius 2 is 2.00 bits per heavy atom. The molecule has 1 N–H and O–H groups in total. The molecule has 2 fully saturated rings. The first-order valence-corrected chi connectivity index (χ1v) is 8.22. The quantitative estimate of drug-likeness (QED) is 0.830. The summed E-state index contributed by atoms with van der Waals surface area (Å²) in [6.45, 7) is 6.95. The summed E-state index contributed by atoms with van der Waals surface area (Å²) in [6, 6.07) is 2.11. The van der Waals surface area contributed by atoms with Gasteiger partial charge in [-0.15, -0.1) is 0 Å². The maximum Gasteiger partial charge on any atom is 0.0586 e. The van der Waals surface area contributed by atoms with Crippen LogP contribution in [0.3, 0.4) is 0 Å². The van der Waals surface area contributed by atoms with Gasteiger partial charge in [-0.25, -0.2) is 0 Å². The van der Waals surface area contributed by atoms with Crippen molar-refractivity contribution in [2.45, 2.75) is 83.0 Å². The zero-order valence-electron chi connectivity index (χ0n) is 13.0. The fourth-order valence-corrected chi connectivity index (χ4v) is 3.73. The Hall–Kier alpha value is -0.120. The molecule has 112 valence electrons. The molecule has 19 heavy (non-hydrogen) atoms. The third-order valence-electron chi connectivity index (χ3n) is 4.84. The van der Waals surface area contributed by atoms with Gasteiger partial charge in [0, 0.05) is 31.8 Å². The van der Waals surface area contributed by atoms with E-state index in [-0.39, 0.29) is 0 Å². The molecule has 3 unspecified atom stereocenters. The van der Waals surface area contributed by atoms with E-state index in [0.717, 1.165) is 18.6 Å². The molecule has 0 amide bonds. The Morgan fingerprint density at radius 1 is 1.16 bits per heavy atom. The maximum atomic E-state index is 5.60. The van der Waals surface area contributed by atoms with Crippen LogP contribution in [0.15, 0.2) is 0 Å². The van der Waals surface area contributed by atoms with Gasteiger partial charge in [0.2, 0.25) is 0 Å². The molecule has 0 aromatic carbocycles. The molecular formula is C16H32N2O. The van der Waals surface area contributed by atoms with Crippen LogP contribution >= 0.6 is 0 Å². The molecule has 1 saturated carbocycles. The maximum absolute atomic E-state index is 5.60. The summed E-state index contributed by atoms with van der Waals surface area (Å²) >= 11 is 0. The van der Waals surface area contributed by atoms with Crippen LogP contribution in [0.4, 0.5) is 0 Å². The minimum absolute atomic E-state index is 0.499. The first-order valence-electron chi connectivity index (χ1n) is 8.22. The number of piperidine rings is 1. The van der Waals surface area contributed by atoms with Gasteiger partial charge in [0.05, 0.1) is 6.10 Å². The van der Waals surface area contributed by atoms with Crippen molar-refractivity contribution in [2.24, 2.45) is 0 Å². The van der Waals surface area contributed by atoms with Crippen LogP contribution < -0.4 is 5.32 Å². The van der Waals surface area contributed by atoms with Gasteiger partial charge in [-0.3, -0.25) is 4.90 Å². The number of rotatable bonds is 5. The lowest BCUT2D eigenvalue weighted by atomic mass is 9.88. The summed E-state index contributed by atoms with van der Waals surface area (Å²) in [4.78, 5) is 2.80. The summed E-state index contributed by atoms with van der Waals surface area (Å²) in [6.07, 6.45) is 9.87. The Kier molecular flexibility index (Phi) is 6.11. The van der Waals surface area contributed by atoms with Crippen molar-refractivity contribution in [1.82, 2.24) is 10.2 Å². The molecule has 3 atom stereocenters. The summed E-state index contributed by atoms with van der Waals surface area (Å²) in [5.74, 6) is 0. The van der Waals surface area contributed by atoms with Crippen LogP contribution in [-0.4, -0.2) is 49.3 Å². The molecule has 2 rings (SSSR count). The number of nitrogens with zero attached hydrogens (tertiary/aromatic N) is 1. The van der Waals surface area contributed by atoms with E-state index in [2.05, 4.69) is 24.1 Å². The third-order valence-corrected chi connectivity index (χ3v) is 4.84. The number of nitrogens with one attached hydrogen (secondary N) is 1. The van der Waals surface area contributed by atoms with Crippen LogP contribution in [0.25, 0.3) is 0 Å². The molecule has 3 nitrogen and oxygen atoms in total. The van der Waals surface area contributed by atoms with Gasteiger partial charge in [0.1, 0.15) is 0 Å². The molecule has 1 aliphatic heterocycles. The molecule has 1 heterocycles. The van der Waals surface area contributed by atoms with Crippen molar-refractivity contribution in [3.05, 3.63) is 0 Å². The van der Waals surface area contributed by atoms with Gasteiger partial charge < -0.3 is 10.1 Å². The second-order valence-corrected chi connectivity index (χ2v) is 6.63. The highest BCUT2D eigenvalue weighted by Crippen LogP contribution is 2.29. The molecule has 0 radical (unpaired) electrons. The average molecular weight is 268 g/mol. The van der Waals surface area contributed by atoms with E-state index in [1.54, 1.807) is 0 Å². The van der Waals surface area contributed by atoms with E-state index in [4.69, 9.17) is 4.74 Å². The Balaban J connectivity index is 1.90. The summed E-state index contributed by atoms with van der Waals surface area (Å²) in [7, 11) is 1.88. The fraction of sp³-hybridized carbons (Fsp3) is 1.00. The number of hydrogen-bond acceptors (Lipinski definition) is 3. The monoisotopic (exact) mass is 268 g/mol. The Bertz CT molecular complexity index is 257. The van der Waals surface area contributed by atoms with Crippen molar-refractivity contribution >= 4 is 0 Å². The molecule has 0 bridgehead atoms. The highest BCUT2D eigenvalue weighted by atomic mass is 16.5. The molecule has 2 aliphatic rings.